The number of hydrogen-bond acceptors (Lipinski definition) is 11. The number of nitrogens with two attached hydrogens (primary N) is 1. The first-order valence-corrected chi connectivity index (χ1v) is 12.1. The molecule has 1 aliphatic rings. The summed E-state index contributed by atoms with van der Waals surface area (Å²) in [6.45, 7) is 5.14. The minimum Gasteiger partial charge on any atom is -0.466 e. The highest BCUT2D eigenvalue weighted by Crippen LogP contribution is 2.44. The summed E-state index contributed by atoms with van der Waals surface area (Å²) in [5.41, 5.74) is 6.52. The van der Waals surface area contributed by atoms with Crippen LogP contribution in [-0.4, -0.2) is 43.0 Å². The number of aromatic nitrogens is 1. The third-order valence-electron chi connectivity index (χ3n) is 5.94. The van der Waals surface area contributed by atoms with Gasteiger partial charge in [0, 0.05) is 5.69 Å². The van der Waals surface area contributed by atoms with Gasteiger partial charge in [0.05, 0.1) is 42.7 Å². The molecule has 0 radical (unpaired) electrons. The molecule has 1 aromatic heterocycles. The minimum absolute atomic E-state index is 0.0109. The van der Waals surface area contributed by atoms with Gasteiger partial charge in [0.15, 0.2) is 11.4 Å². The Kier molecular flexibility index (Phi) is 7.50. The molecule has 1 aliphatic heterocycles. The summed E-state index contributed by atoms with van der Waals surface area (Å²) < 4.78 is 20.7. The number of nitrogens with one attached hydrogen (secondary N) is 1. The van der Waals surface area contributed by atoms with Crippen molar-refractivity contribution in [3.8, 4) is 6.07 Å². The van der Waals surface area contributed by atoms with Crippen molar-refractivity contribution in [2.24, 2.45) is 5.73 Å². The minimum atomic E-state index is -1.01. The molecule has 1 atom stereocenters. The van der Waals surface area contributed by atoms with E-state index in [1.165, 1.54) is 24.1 Å². The molecule has 2 aromatic carbocycles. The van der Waals surface area contributed by atoms with E-state index in [1.807, 2.05) is 0 Å². The third-order valence-corrected chi connectivity index (χ3v) is 5.94. The highest BCUT2D eigenvalue weighted by atomic mass is 16.6. The first-order valence-electron chi connectivity index (χ1n) is 12.1. The van der Waals surface area contributed by atoms with Crippen molar-refractivity contribution in [2.45, 2.75) is 32.3 Å². The fourth-order valence-corrected chi connectivity index (χ4v) is 4.34. The summed E-state index contributed by atoms with van der Waals surface area (Å²) in [5.74, 6) is -2.81. The molecule has 0 bridgehead atoms. The summed E-state index contributed by atoms with van der Waals surface area (Å²) in [6.07, 6.45) is -0.758. The number of amides is 1. The second-order valence-electron chi connectivity index (χ2n) is 9.67. The van der Waals surface area contributed by atoms with Crippen molar-refractivity contribution < 1.29 is 33.1 Å². The zero-order chi connectivity index (χ0) is 29.2. The van der Waals surface area contributed by atoms with Gasteiger partial charge in [0.2, 0.25) is 0 Å². The quantitative estimate of drug-likeness (QED) is 0.350. The van der Waals surface area contributed by atoms with Crippen molar-refractivity contribution in [1.82, 2.24) is 5.16 Å². The van der Waals surface area contributed by atoms with Crippen molar-refractivity contribution in [3.63, 3.8) is 0 Å². The van der Waals surface area contributed by atoms with E-state index in [0.29, 0.717) is 16.5 Å². The highest BCUT2D eigenvalue weighted by molar-refractivity contribution is 6.07. The molecule has 0 spiro atoms. The fraction of sp³-hybridized carbons (Fsp3) is 0.250. The Morgan fingerprint density at radius 3 is 2.35 bits per heavy atom. The van der Waals surface area contributed by atoms with Crippen LogP contribution >= 0.6 is 0 Å². The summed E-state index contributed by atoms with van der Waals surface area (Å²) in [6, 6.07) is 15.4. The van der Waals surface area contributed by atoms with E-state index in [9.17, 15) is 19.6 Å². The number of hydrogen-bond donors (Lipinski definition) is 2. The number of fused-ring (bicyclic) bond motifs is 1. The van der Waals surface area contributed by atoms with Gasteiger partial charge in [-0.15, -0.1) is 0 Å². The van der Waals surface area contributed by atoms with Crippen LogP contribution < -0.4 is 16.0 Å². The first kappa shape index (κ1) is 27.7. The van der Waals surface area contributed by atoms with Crippen LogP contribution in [0.2, 0.25) is 0 Å². The molecule has 0 saturated carbocycles. The average Bonchev–Trinajstić information content (AvgIpc) is 3.32. The number of benzene rings is 2. The summed E-state index contributed by atoms with van der Waals surface area (Å²) in [4.78, 5) is 40.1. The molecule has 12 heteroatoms. The molecule has 0 aliphatic carbocycles. The number of methoxy groups -OCH3 is 2. The molecule has 3 aromatic rings. The summed E-state index contributed by atoms with van der Waals surface area (Å²) in [7, 11) is 2.33. The predicted molar refractivity (Wildman–Crippen MR) is 143 cm³/mol. The number of allylic oxidation sites excluding steroid dienone is 1. The van der Waals surface area contributed by atoms with Crippen LogP contribution in [-0.2, 0) is 23.8 Å². The maximum Gasteiger partial charge on any atom is 0.413 e. The predicted octanol–water partition coefficient (Wildman–Crippen LogP) is 4.07. The first-order chi connectivity index (χ1) is 19.0. The van der Waals surface area contributed by atoms with Gasteiger partial charge in [-0.1, -0.05) is 35.5 Å². The number of nitrogens with zero attached hydrogens (tertiary/aromatic N) is 3. The lowest BCUT2D eigenvalue weighted by atomic mass is 9.81. The van der Waals surface area contributed by atoms with E-state index in [-0.39, 0.29) is 34.2 Å². The second kappa shape index (κ2) is 10.8. The highest BCUT2D eigenvalue weighted by Gasteiger charge is 2.43. The van der Waals surface area contributed by atoms with Crippen LogP contribution in [0.5, 0.6) is 0 Å². The van der Waals surface area contributed by atoms with E-state index in [2.05, 4.69) is 16.5 Å². The Morgan fingerprint density at radius 1 is 1.07 bits per heavy atom. The number of rotatable bonds is 5. The molecular weight excluding hydrogens is 518 g/mol. The van der Waals surface area contributed by atoms with Gasteiger partial charge >= 0.3 is 18.0 Å². The molecule has 0 saturated heterocycles. The maximum atomic E-state index is 13.3. The van der Waals surface area contributed by atoms with Crippen LogP contribution in [0.15, 0.2) is 75.7 Å². The van der Waals surface area contributed by atoms with Crippen LogP contribution in [0, 0.1) is 11.3 Å². The zero-order valence-electron chi connectivity index (χ0n) is 22.5. The number of ether oxygens (including phenoxy) is 3. The van der Waals surface area contributed by atoms with Crippen molar-refractivity contribution >= 4 is 40.5 Å². The number of esters is 2. The van der Waals surface area contributed by atoms with Gasteiger partial charge in [-0.25, -0.2) is 14.4 Å². The summed E-state index contributed by atoms with van der Waals surface area (Å²) >= 11 is 0. The van der Waals surface area contributed by atoms with Crippen molar-refractivity contribution in [1.29, 1.82) is 5.26 Å². The maximum absolute atomic E-state index is 13.3. The van der Waals surface area contributed by atoms with Gasteiger partial charge in [0.1, 0.15) is 17.1 Å². The zero-order valence-corrected chi connectivity index (χ0v) is 22.5. The monoisotopic (exact) mass is 545 g/mol. The Bertz CT molecular complexity index is 1590. The molecule has 0 fully saturated rings. The Balaban J connectivity index is 1.94. The van der Waals surface area contributed by atoms with Gasteiger partial charge in [-0.2, -0.15) is 5.26 Å². The van der Waals surface area contributed by atoms with Crippen LogP contribution in [0.1, 0.15) is 32.3 Å². The topological polar surface area (TPSA) is 170 Å². The van der Waals surface area contributed by atoms with E-state index in [4.69, 9.17) is 24.5 Å². The Morgan fingerprint density at radius 2 is 1.75 bits per heavy atom. The van der Waals surface area contributed by atoms with Gasteiger partial charge in [-0.3, -0.25) is 10.2 Å². The standard InChI is InChI=1S/C28H27N5O7/c1-28(2,3)39-27(36)31-24-17-13-16(11-12-19(17)40-32-24)33-22(26(35)38-5)21(25(34)37-4)20(18(14-29)23(33)30)15-9-7-6-8-10-15/h6-13,20H,30H2,1-5H3,(H,31,32,36). The molecule has 206 valence electrons. The molecule has 12 nitrogen and oxygen atoms in total. The van der Waals surface area contributed by atoms with Crippen molar-refractivity contribution in [2.75, 3.05) is 24.4 Å². The number of carbonyl (C=O) groups excluding carboxylic acids is 3. The van der Waals surface area contributed by atoms with E-state index in [0.717, 1.165) is 7.11 Å². The molecule has 40 heavy (non-hydrogen) atoms. The molecular formula is C28H27N5O7. The lowest BCUT2D eigenvalue weighted by Gasteiger charge is -2.35. The van der Waals surface area contributed by atoms with Gasteiger partial charge < -0.3 is 24.5 Å². The largest absolute Gasteiger partial charge is 0.466 e. The molecule has 1 unspecified atom stereocenters. The normalized spacial score (nSPS) is 15.5. The van der Waals surface area contributed by atoms with Crippen LogP contribution in [0.25, 0.3) is 11.0 Å². The molecule has 3 N–H and O–H groups in total. The van der Waals surface area contributed by atoms with E-state index < -0.39 is 29.6 Å². The van der Waals surface area contributed by atoms with Crippen molar-refractivity contribution in [3.05, 3.63) is 76.8 Å². The van der Waals surface area contributed by atoms with E-state index >= 15 is 0 Å². The lowest BCUT2D eigenvalue weighted by molar-refractivity contribution is -0.139. The molecule has 1 amide bonds. The third kappa shape index (κ3) is 5.17. The fourth-order valence-electron chi connectivity index (χ4n) is 4.34. The summed E-state index contributed by atoms with van der Waals surface area (Å²) in [5, 5.41) is 17.0. The number of anilines is 2. The number of nitriles is 1. The van der Waals surface area contributed by atoms with Gasteiger partial charge in [0.25, 0.3) is 0 Å². The second-order valence-corrected chi connectivity index (χ2v) is 9.67. The molecule has 2 heterocycles. The average molecular weight is 546 g/mol. The SMILES string of the molecule is COC(=O)C1=C(C(=O)OC)N(c2ccc3onc(NC(=O)OC(C)(C)C)c3c2)C(N)=C(C#N)C1c1ccccc1. The lowest BCUT2D eigenvalue weighted by Crippen LogP contribution is -2.40. The van der Waals surface area contributed by atoms with E-state index in [1.54, 1.807) is 57.2 Å². The Hall–Kier alpha value is -5.31. The molecule has 4 rings (SSSR count). The smallest absolute Gasteiger partial charge is 0.413 e. The van der Waals surface area contributed by atoms with Gasteiger partial charge in [-0.05, 0) is 44.5 Å². The van der Waals surface area contributed by atoms with Crippen LogP contribution in [0.3, 0.4) is 0 Å². The van der Waals surface area contributed by atoms with Crippen LogP contribution in [0.4, 0.5) is 16.3 Å². The Labute approximate surface area is 229 Å². The number of carbonyl (C=O) groups is 3.